The van der Waals surface area contributed by atoms with Crippen LogP contribution in [0.1, 0.15) is 73.7 Å². The summed E-state index contributed by atoms with van der Waals surface area (Å²) in [6, 6.07) is 15.2. The molecular formula is C32H37F4N3OS. The van der Waals surface area contributed by atoms with Crippen LogP contribution in [0.4, 0.5) is 23.2 Å². The van der Waals surface area contributed by atoms with Gasteiger partial charge in [0, 0.05) is 36.3 Å². The molecular weight excluding hydrogens is 550 g/mol. The van der Waals surface area contributed by atoms with E-state index in [-0.39, 0.29) is 17.7 Å². The molecule has 1 aromatic heterocycles. The normalized spacial score (nSPS) is 16.9. The van der Waals surface area contributed by atoms with Crippen LogP contribution in [0, 0.1) is 11.7 Å². The molecule has 0 spiro atoms. The summed E-state index contributed by atoms with van der Waals surface area (Å²) in [6.45, 7) is 2.33. The lowest BCUT2D eigenvalue weighted by atomic mass is 9.97. The van der Waals surface area contributed by atoms with Gasteiger partial charge in [0.1, 0.15) is 5.82 Å². The molecule has 9 heteroatoms. The molecule has 220 valence electrons. The molecule has 5 rings (SSSR count). The summed E-state index contributed by atoms with van der Waals surface area (Å²) in [5.74, 6) is 0.617. The van der Waals surface area contributed by atoms with Crippen molar-refractivity contribution in [2.75, 3.05) is 17.9 Å². The number of hydrogen-bond donors (Lipinski definition) is 1. The standard InChI is InChI=1S/C32H37F4N3OS/c1-22(26-11-14-31(37-19-26)40-21-32(34,35)36)39-16-15-25-18-28(12-10-27(25)20-39)41-38-30-13-9-24(17-29(30)33)8-4-7-23-5-2-3-6-23/h9-14,17-19,22-23,38H,2-8,15-16,20-21H2,1H3. The number of nitrogens with zero attached hydrogens (tertiary/aromatic N) is 2. The molecule has 2 aromatic carbocycles. The van der Waals surface area contributed by atoms with Crippen molar-refractivity contribution in [2.45, 2.75) is 81.9 Å². The van der Waals surface area contributed by atoms with Gasteiger partial charge < -0.3 is 9.46 Å². The molecule has 1 aliphatic heterocycles. The monoisotopic (exact) mass is 587 g/mol. The summed E-state index contributed by atoms with van der Waals surface area (Å²) in [5, 5.41) is 0. The van der Waals surface area contributed by atoms with Crippen molar-refractivity contribution in [3.05, 3.63) is 82.8 Å². The van der Waals surface area contributed by atoms with E-state index in [4.69, 9.17) is 4.74 Å². The fourth-order valence-corrected chi connectivity index (χ4v) is 6.57. The number of hydrogen-bond acceptors (Lipinski definition) is 5. The molecule has 1 atom stereocenters. The molecule has 0 amide bonds. The number of ether oxygens (including phenoxy) is 1. The van der Waals surface area contributed by atoms with Crippen LogP contribution in [0.5, 0.6) is 5.88 Å². The number of aryl methyl sites for hydroxylation is 1. The zero-order valence-electron chi connectivity index (χ0n) is 23.4. The summed E-state index contributed by atoms with van der Waals surface area (Å²) >= 11 is 1.42. The molecule has 1 fully saturated rings. The van der Waals surface area contributed by atoms with Gasteiger partial charge in [-0.1, -0.05) is 50.3 Å². The highest BCUT2D eigenvalue weighted by Crippen LogP contribution is 2.32. The van der Waals surface area contributed by atoms with E-state index < -0.39 is 12.8 Å². The number of alkyl halides is 3. The molecule has 4 nitrogen and oxygen atoms in total. The maximum absolute atomic E-state index is 14.8. The molecule has 1 unspecified atom stereocenters. The first kappa shape index (κ1) is 29.7. The second-order valence-electron chi connectivity index (χ2n) is 11.2. The van der Waals surface area contributed by atoms with Crippen LogP contribution in [-0.4, -0.2) is 29.2 Å². The predicted octanol–water partition coefficient (Wildman–Crippen LogP) is 8.91. The van der Waals surface area contributed by atoms with E-state index in [9.17, 15) is 17.6 Å². The summed E-state index contributed by atoms with van der Waals surface area (Å²) in [6.07, 6.45) is 6.82. The molecule has 2 aliphatic rings. The first-order chi connectivity index (χ1) is 19.7. The average molecular weight is 588 g/mol. The molecule has 1 aliphatic carbocycles. The molecule has 0 saturated heterocycles. The highest BCUT2D eigenvalue weighted by Gasteiger charge is 2.29. The Morgan fingerprint density at radius 3 is 2.63 bits per heavy atom. The van der Waals surface area contributed by atoms with Crippen LogP contribution in [-0.2, 0) is 19.4 Å². The minimum Gasteiger partial charge on any atom is -0.468 e. The Labute approximate surface area is 244 Å². The third-order valence-electron chi connectivity index (χ3n) is 8.26. The van der Waals surface area contributed by atoms with Gasteiger partial charge in [0.25, 0.3) is 0 Å². The van der Waals surface area contributed by atoms with Crippen LogP contribution in [0.3, 0.4) is 0 Å². The number of fused-ring (bicyclic) bond motifs is 1. The lowest BCUT2D eigenvalue weighted by Crippen LogP contribution is -2.33. The highest BCUT2D eigenvalue weighted by molar-refractivity contribution is 8.00. The average Bonchev–Trinajstić information content (AvgIpc) is 3.48. The van der Waals surface area contributed by atoms with E-state index in [1.165, 1.54) is 61.2 Å². The Morgan fingerprint density at radius 1 is 1.07 bits per heavy atom. The van der Waals surface area contributed by atoms with Gasteiger partial charge in [-0.05, 0) is 90.6 Å². The highest BCUT2D eigenvalue weighted by atomic mass is 32.2. The van der Waals surface area contributed by atoms with E-state index in [2.05, 4.69) is 33.7 Å². The number of aromatic nitrogens is 1. The van der Waals surface area contributed by atoms with Gasteiger partial charge in [0.05, 0.1) is 5.69 Å². The van der Waals surface area contributed by atoms with Crippen LogP contribution in [0.2, 0.25) is 0 Å². The van der Waals surface area contributed by atoms with Crippen molar-refractivity contribution < 1.29 is 22.3 Å². The lowest BCUT2D eigenvalue weighted by Gasteiger charge is -2.34. The van der Waals surface area contributed by atoms with Crippen molar-refractivity contribution >= 4 is 17.6 Å². The third kappa shape index (κ3) is 8.38. The van der Waals surface area contributed by atoms with Crippen molar-refractivity contribution in [2.24, 2.45) is 5.92 Å². The van der Waals surface area contributed by atoms with Crippen molar-refractivity contribution in [3.63, 3.8) is 0 Å². The minimum absolute atomic E-state index is 0.0359. The van der Waals surface area contributed by atoms with Crippen LogP contribution >= 0.6 is 11.9 Å². The number of anilines is 1. The summed E-state index contributed by atoms with van der Waals surface area (Å²) in [5.41, 5.74) is 4.98. The first-order valence-corrected chi connectivity index (χ1v) is 15.3. The van der Waals surface area contributed by atoms with Crippen LogP contribution < -0.4 is 9.46 Å². The Kier molecular flexibility index (Phi) is 9.75. The fourth-order valence-electron chi connectivity index (χ4n) is 5.84. The Bertz CT molecular complexity index is 1300. The predicted molar refractivity (Wildman–Crippen MR) is 156 cm³/mol. The van der Waals surface area contributed by atoms with E-state index in [1.54, 1.807) is 18.3 Å². The Hall–Kier alpha value is -2.78. The summed E-state index contributed by atoms with van der Waals surface area (Å²) < 4.78 is 59.8. The van der Waals surface area contributed by atoms with Gasteiger partial charge in [-0.2, -0.15) is 13.2 Å². The minimum atomic E-state index is -4.39. The molecule has 0 bridgehead atoms. The maximum Gasteiger partial charge on any atom is 0.422 e. The van der Waals surface area contributed by atoms with Gasteiger partial charge in [-0.25, -0.2) is 9.37 Å². The van der Waals surface area contributed by atoms with E-state index >= 15 is 0 Å². The van der Waals surface area contributed by atoms with Gasteiger partial charge in [0.2, 0.25) is 5.88 Å². The van der Waals surface area contributed by atoms with Crippen LogP contribution in [0.15, 0.2) is 59.6 Å². The van der Waals surface area contributed by atoms with E-state index in [1.807, 2.05) is 18.2 Å². The summed E-state index contributed by atoms with van der Waals surface area (Å²) in [4.78, 5) is 7.41. The molecule has 41 heavy (non-hydrogen) atoms. The molecule has 1 saturated carbocycles. The van der Waals surface area contributed by atoms with Crippen molar-refractivity contribution in [1.29, 1.82) is 0 Å². The number of halogens is 4. The van der Waals surface area contributed by atoms with Gasteiger partial charge >= 0.3 is 6.18 Å². The van der Waals surface area contributed by atoms with Crippen LogP contribution in [0.25, 0.3) is 0 Å². The second kappa shape index (κ2) is 13.5. The second-order valence-corrected chi connectivity index (χ2v) is 12.1. The van der Waals surface area contributed by atoms with Gasteiger partial charge in [-0.3, -0.25) is 4.90 Å². The fraction of sp³-hybridized carbons (Fsp3) is 0.469. The number of pyridine rings is 1. The Balaban J connectivity index is 1.11. The first-order valence-electron chi connectivity index (χ1n) is 14.5. The molecule has 0 radical (unpaired) electrons. The topological polar surface area (TPSA) is 37.4 Å². The smallest absolute Gasteiger partial charge is 0.422 e. The molecule has 1 N–H and O–H groups in total. The van der Waals surface area contributed by atoms with Gasteiger partial charge in [0.15, 0.2) is 6.61 Å². The molecule has 3 aromatic rings. The zero-order chi connectivity index (χ0) is 28.8. The van der Waals surface area contributed by atoms with Gasteiger partial charge in [-0.15, -0.1) is 0 Å². The lowest BCUT2D eigenvalue weighted by molar-refractivity contribution is -0.154. The number of rotatable bonds is 11. The molecule has 2 heterocycles. The zero-order valence-corrected chi connectivity index (χ0v) is 24.2. The van der Waals surface area contributed by atoms with E-state index in [0.29, 0.717) is 5.69 Å². The summed E-state index contributed by atoms with van der Waals surface area (Å²) in [7, 11) is 0. The third-order valence-corrected chi connectivity index (χ3v) is 9.07. The van der Waals surface area contributed by atoms with Crippen molar-refractivity contribution in [3.8, 4) is 5.88 Å². The SMILES string of the molecule is CC(c1ccc(OCC(F)(F)F)nc1)N1CCc2cc(SNc3ccc(CCCC4CCCC4)cc3F)ccc2C1. The van der Waals surface area contributed by atoms with Crippen molar-refractivity contribution in [1.82, 2.24) is 9.88 Å². The number of benzene rings is 2. The number of nitrogens with one attached hydrogen (secondary N) is 1. The quantitative estimate of drug-likeness (QED) is 0.179. The van der Waals surface area contributed by atoms with E-state index in [0.717, 1.165) is 54.3 Å². The maximum atomic E-state index is 14.8. The largest absolute Gasteiger partial charge is 0.468 e. The Morgan fingerprint density at radius 2 is 1.90 bits per heavy atom.